The molecule has 1 aromatic heterocycles. The molecule has 1 aliphatic heterocycles. The molecular formula is C15H16Cl3FN2S. The highest BCUT2D eigenvalue weighted by atomic mass is 35.5. The number of halogens is 4. The van der Waals surface area contributed by atoms with E-state index in [1.54, 1.807) is 17.4 Å². The number of hydrogen-bond acceptors (Lipinski definition) is 3. The first-order chi connectivity index (χ1) is 10.1. The summed E-state index contributed by atoms with van der Waals surface area (Å²) in [6.07, 6.45) is 0. The van der Waals surface area contributed by atoms with E-state index in [4.69, 9.17) is 23.2 Å². The minimum atomic E-state index is -0.378. The predicted molar refractivity (Wildman–Crippen MR) is 94.3 cm³/mol. The number of rotatable bonds is 3. The number of nitrogens with one attached hydrogen (secondary N) is 1. The third-order valence-corrected chi connectivity index (χ3v) is 5.23. The second-order valence-corrected chi connectivity index (χ2v) is 7.16. The highest BCUT2D eigenvalue weighted by Gasteiger charge is 2.25. The van der Waals surface area contributed by atoms with Crippen molar-refractivity contribution in [2.75, 3.05) is 26.2 Å². The van der Waals surface area contributed by atoms with Crippen molar-refractivity contribution >= 4 is 46.9 Å². The molecule has 2 nitrogen and oxygen atoms in total. The van der Waals surface area contributed by atoms with E-state index in [-0.39, 0.29) is 29.3 Å². The monoisotopic (exact) mass is 380 g/mol. The van der Waals surface area contributed by atoms with Crippen LogP contribution in [0.1, 0.15) is 16.5 Å². The van der Waals surface area contributed by atoms with Gasteiger partial charge in [0.25, 0.3) is 0 Å². The van der Waals surface area contributed by atoms with E-state index in [0.717, 1.165) is 41.0 Å². The molecule has 0 amide bonds. The van der Waals surface area contributed by atoms with Gasteiger partial charge < -0.3 is 5.32 Å². The molecule has 0 saturated carbocycles. The number of piperazine rings is 1. The summed E-state index contributed by atoms with van der Waals surface area (Å²) in [7, 11) is 0. The summed E-state index contributed by atoms with van der Waals surface area (Å²) in [5.74, 6) is -0.378. The third-order valence-electron chi connectivity index (χ3n) is 3.64. The topological polar surface area (TPSA) is 15.3 Å². The predicted octanol–water partition coefficient (Wildman–Crippen LogP) is 4.61. The fourth-order valence-electron chi connectivity index (χ4n) is 2.65. The van der Waals surface area contributed by atoms with Crippen LogP contribution in [0.4, 0.5) is 4.39 Å². The maximum Gasteiger partial charge on any atom is 0.142 e. The molecule has 0 aliphatic carbocycles. The molecule has 1 aliphatic rings. The molecular weight excluding hydrogens is 366 g/mol. The standard InChI is InChI=1S/C15H15Cl2FN2S.ClH/c16-11-2-1-10(9-12(11)18)15(13-3-4-14(17)21-13)20-7-5-19-6-8-20;/h1-4,9,15,19H,5-8H2;1H/t15-;/m0./s1. The van der Waals surface area contributed by atoms with Crippen molar-refractivity contribution in [2.24, 2.45) is 0 Å². The van der Waals surface area contributed by atoms with Gasteiger partial charge in [0, 0.05) is 31.1 Å². The van der Waals surface area contributed by atoms with E-state index >= 15 is 0 Å². The first-order valence-corrected chi connectivity index (χ1v) is 8.37. The normalized spacial score (nSPS) is 17.0. The van der Waals surface area contributed by atoms with Gasteiger partial charge in [0.05, 0.1) is 15.4 Å². The van der Waals surface area contributed by atoms with Gasteiger partial charge in [-0.25, -0.2) is 4.39 Å². The Labute approximate surface area is 149 Å². The van der Waals surface area contributed by atoms with Crippen molar-refractivity contribution in [3.05, 3.63) is 55.9 Å². The molecule has 2 heterocycles. The van der Waals surface area contributed by atoms with Crippen molar-refractivity contribution < 1.29 is 4.39 Å². The van der Waals surface area contributed by atoms with Crippen LogP contribution in [0.3, 0.4) is 0 Å². The summed E-state index contributed by atoms with van der Waals surface area (Å²) in [6.45, 7) is 3.71. The first kappa shape index (κ1) is 18.0. The Balaban J connectivity index is 0.00000176. The minimum Gasteiger partial charge on any atom is -0.314 e. The minimum absolute atomic E-state index is 0. The molecule has 1 saturated heterocycles. The molecule has 1 atom stereocenters. The summed E-state index contributed by atoms with van der Waals surface area (Å²) < 4.78 is 14.6. The summed E-state index contributed by atoms with van der Waals surface area (Å²) in [6, 6.07) is 8.98. The Morgan fingerprint density at radius 3 is 2.45 bits per heavy atom. The summed E-state index contributed by atoms with van der Waals surface area (Å²) in [5, 5.41) is 3.49. The van der Waals surface area contributed by atoms with Crippen molar-refractivity contribution in [3.8, 4) is 0 Å². The SMILES string of the molecule is Cl.Fc1cc([C@@H](c2ccc(Cl)s2)N2CCNCC2)ccc1Cl. The van der Waals surface area contributed by atoms with Gasteiger partial charge in [0.1, 0.15) is 5.82 Å². The lowest BCUT2D eigenvalue weighted by molar-refractivity contribution is 0.200. The van der Waals surface area contributed by atoms with E-state index < -0.39 is 0 Å². The molecule has 0 unspecified atom stereocenters. The summed E-state index contributed by atoms with van der Waals surface area (Å²) >= 11 is 13.4. The van der Waals surface area contributed by atoms with Gasteiger partial charge in [0.2, 0.25) is 0 Å². The fourth-order valence-corrected chi connectivity index (χ4v) is 3.99. The van der Waals surface area contributed by atoms with Gasteiger partial charge >= 0.3 is 0 Å². The lowest BCUT2D eigenvalue weighted by Crippen LogP contribution is -2.45. The third kappa shape index (κ3) is 3.94. The molecule has 2 aromatic rings. The molecule has 3 rings (SSSR count). The maximum atomic E-state index is 13.8. The van der Waals surface area contributed by atoms with Crippen molar-refractivity contribution in [1.29, 1.82) is 0 Å². The smallest absolute Gasteiger partial charge is 0.142 e. The van der Waals surface area contributed by atoms with E-state index in [1.165, 1.54) is 6.07 Å². The highest BCUT2D eigenvalue weighted by molar-refractivity contribution is 7.16. The number of hydrogen-bond donors (Lipinski definition) is 1. The van der Waals surface area contributed by atoms with Gasteiger partial charge in [-0.3, -0.25) is 4.90 Å². The second-order valence-electron chi connectivity index (χ2n) is 5.00. The highest BCUT2D eigenvalue weighted by Crippen LogP contribution is 2.36. The Morgan fingerprint density at radius 1 is 1.14 bits per heavy atom. The average molecular weight is 382 g/mol. The molecule has 7 heteroatoms. The molecule has 0 spiro atoms. The molecule has 22 heavy (non-hydrogen) atoms. The first-order valence-electron chi connectivity index (χ1n) is 6.80. The average Bonchev–Trinajstić information content (AvgIpc) is 2.90. The zero-order chi connectivity index (χ0) is 14.8. The second kappa shape index (κ2) is 7.95. The van der Waals surface area contributed by atoms with Crippen molar-refractivity contribution in [2.45, 2.75) is 6.04 Å². The summed E-state index contributed by atoms with van der Waals surface area (Å²) in [5.41, 5.74) is 0.914. The quantitative estimate of drug-likeness (QED) is 0.835. The van der Waals surface area contributed by atoms with E-state index in [2.05, 4.69) is 10.2 Å². The Kier molecular flexibility index (Phi) is 6.50. The van der Waals surface area contributed by atoms with E-state index in [0.29, 0.717) is 0 Å². The van der Waals surface area contributed by atoms with Crippen molar-refractivity contribution in [3.63, 3.8) is 0 Å². The zero-order valence-electron chi connectivity index (χ0n) is 11.7. The zero-order valence-corrected chi connectivity index (χ0v) is 14.8. The van der Waals surface area contributed by atoms with Gasteiger partial charge in [0.15, 0.2) is 0 Å². The molecule has 120 valence electrons. The van der Waals surface area contributed by atoms with Gasteiger partial charge in [-0.05, 0) is 29.8 Å². The van der Waals surface area contributed by atoms with Gasteiger partial charge in [-0.1, -0.05) is 29.3 Å². The van der Waals surface area contributed by atoms with Crippen LogP contribution in [0, 0.1) is 5.82 Å². The Hall–Kier alpha value is -0.360. The molecule has 1 aromatic carbocycles. The van der Waals surface area contributed by atoms with Gasteiger partial charge in [-0.2, -0.15) is 0 Å². The fraction of sp³-hybridized carbons (Fsp3) is 0.333. The van der Waals surface area contributed by atoms with Crippen LogP contribution in [-0.4, -0.2) is 31.1 Å². The lowest BCUT2D eigenvalue weighted by atomic mass is 10.0. The number of thiophene rings is 1. The van der Waals surface area contributed by atoms with Crippen LogP contribution in [0.15, 0.2) is 30.3 Å². The van der Waals surface area contributed by atoms with Gasteiger partial charge in [-0.15, -0.1) is 23.7 Å². The van der Waals surface area contributed by atoms with E-state index in [1.807, 2.05) is 18.2 Å². The van der Waals surface area contributed by atoms with Crippen LogP contribution in [0.25, 0.3) is 0 Å². The summed E-state index contributed by atoms with van der Waals surface area (Å²) in [4.78, 5) is 3.48. The Bertz CT molecular complexity index is 629. The van der Waals surface area contributed by atoms with Crippen LogP contribution < -0.4 is 5.32 Å². The Morgan fingerprint density at radius 2 is 1.86 bits per heavy atom. The van der Waals surface area contributed by atoms with E-state index in [9.17, 15) is 4.39 Å². The van der Waals surface area contributed by atoms with Crippen LogP contribution in [0.2, 0.25) is 9.36 Å². The lowest BCUT2D eigenvalue weighted by Gasteiger charge is -2.34. The number of benzene rings is 1. The van der Waals surface area contributed by atoms with Crippen molar-refractivity contribution in [1.82, 2.24) is 10.2 Å². The number of nitrogens with zero attached hydrogens (tertiary/aromatic N) is 1. The van der Waals surface area contributed by atoms with Crippen LogP contribution in [0.5, 0.6) is 0 Å². The largest absolute Gasteiger partial charge is 0.314 e. The van der Waals surface area contributed by atoms with Crippen LogP contribution in [-0.2, 0) is 0 Å². The molecule has 0 radical (unpaired) electrons. The molecule has 0 bridgehead atoms. The molecule has 1 N–H and O–H groups in total. The molecule has 1 fully saturated rings. The maximum absolute atomic E-state index is 13.8. The van der Waals surface area contributed by atoms with Crippen LogP contribution >= 0.6 is 46.9 Å².